The topological polar surface area (TPSA) is 105 Å². The first-order valence-corrected chi connectivity index (χ1v) is 12.3. The van der Waals surface area contributed by atoms with E-state index in [2.05, 4.69) is 39.5 Å². The summed E-state index contributed by atoms with van der Waals surface area (Å²) in [6, 6.07) is 7.27. The number of aromatic nitrogens is 4. The maximum Gasteiger partial charge on any atom is 0.227 e. The van der Waals surface area contributed by atoms with Crippen LogP contribution in [0.4, 0.5) is 11.5 Å². The molecule has 0 aliphatic carbocycles. The molecule has 4 rings (SSSR count). The number of thioether (sulfide) groups is 1. The van der Waals surface area contributed by atoms with Crippen molar-refractivity contribution < 1.29 is 9.59 Å². The predicted octanol–water partition coefficient (Wildman–Crippen LogP) is 3.19. The van der Waals surface area contributed by atoms with Gasteiger partial charge < -0.3 is 15.5 Å². The van der Waals surface area contributed by atoms with Crippen LogP contribution in [0.3, 0.4) is 0 Å². The molecule has 1 aliphatic rings. The van der Waals surface area contributed by atoms with Gasteiger partial charge in [0, 0.05) is 36.3 Å². The van der Waals surface area contributed by atoms with Crippen LogP contribution in [-0.4, -0.2) is 56.9 Å². The average Bonchev–Trinajstić information content (AvgIpc) is 3.37. The number of fused-ring (bicyclic) bond motifs is 1. The lowest BCUT2D eigenvalue weighted by atomic mass is 10.1. The van der Waals surface area contributed by atoms with Crippen LogP contribution < -0.4 is 15.5 Å². The number of amides is 2. The van der Waals surface area contributed by atoms with Gasteiger partial charge in [-0.2, -0.15) is 5.10 Å². The van der Waals surface area contributed by atoms with Crippen LogP contribution in [0.25, 0.3) is 11.0 Å². The summed E-state index contributed by atoms with van der Waals surface area (Å²) in [4.78, 5) is 35.9. The summed E-state index contributed by atoms with van der Waals surface area (Å²) < 4.78 is 1.77. The SMILES string of the molecule is CSc1nc(NC(C)C)c2cnn(CCNC(=O)C3CC(=O)N(c4ccc(Cl)cc4)C3)c2n1. The molecule has 0 spiro atoms. The summed E-state index contributed by atoms with van der Waals surface area (Å²) in [6.45, 7) is 5.30. The second kappa shape index (κ2) is 9.96. The molecular weight excluding hydrogens is 462 g/mol. The van der Waals surface area contributed by atoms with Gasteiger partial charge in [-0.15, -0.1) is 0 Å². The molecule has 1 aromatic carbocycles. The van der Waals surface area contributed by atoms with Gasteiger partial charge in [0.25, 0.3) is 0 Å². The van der Waals surface area contributed by atoms with E-state index in [9.17, 15) is 9.59 Å². The number of rotatable bonds is 8. The summed E-state index contributed by atoms with van der Waals surface area (Å²) in [5.74, 6) is 0.149. The van der Waals surface area contributed by atoms with Crippen molar-refractivity contribution in [2.24, 2.45) is 5.92 Å². The molecule has 2 N–H and O–H groups in total. The summed E-state index contributed by atoms with van der Waals surface area (Å²) in [6.07, 6.45) is 3.86. The van der Waals surface area contributed by atoms with Crippen molar-refractivity contribution in [3.63, 3.8) is 0 Å². The lowest BCUT2D eigenvalue weighted by Crippen LogP contribution is -2.35. The number of halogens is 1. The minimum Gasteiger partial charge on any atom is -0.367 e. The molecule has 2 aromatic heterocycles. The van der Waals surface area contributed by atoms with Crippen LogP contribution in [0.5, 0.6) is 0 Å². The number of nitrogens with zero attached hydrogens (tertiary/aromatic N) is 5. The van der Waals surface area contributed by atoms with E-state index < -0.39 is 5.92 Å². The van der Waals surface area contributed by atoms with E-state index in [1.165, 1.54) is 11.8 Å². The van der Waals surface area contributed by atoms with Crippen LogP contribution in [-0.2, 0) is 16.1 Å². The van der Waals surface area contributed by atoms with Gasteiger partial charge in [-0.25, -0.2) is 14.6 Å². The predicted molar refractivity (Wildman–Crippen MR) is 131 cm³/mol. The van der Waals surface area contributed by atoms with Crippen molar-refractivity contribution >= 4 is 57.7 Å². The standard InChI is InChI=1S/C22H26ClN7O2S/c1-13(2)26-19-17-11-25-30(20(17)28-22(27-19)33-3)9-8-24-21(32)14-10-18(31)29(12-14)16-6-4-15(23)5-7-16/h4-7,11,13-14H,8-10,12H2,1-3H3,(H,24,32)(H,26,27,28). The van der Waals surface area contributed by atoms with E-state index in [4.69, 9.17) is 11.6 Å². The van der Waals surface area contributed by atoms with E-state index >= 15 is 0 Å². The second-order valence-electron chi connectivity index (χ2n) is 8.14. The maximum absolute atomic E-state index is 12.7. The number of carbonyl (C=O) groups excluding carboxylic acids is 2. The summed E-state index contributed by atoms with van der Waals surface area (Å²) in [5, 5.41) is 12.8. The van der Waals surface area contributed by atoms with Crippen molar-refractivity contribution in [1.29, 1.82) is 0 Å². The first-order chi connectivity index (χ1) is 15.9. The van der Waals surface area contributed by atoms with E-state index in [1.54, 1.807) is 40.0 Å². The first kappa shape index (κ1) is 23.3. The van der Waals surface area contributed by atoms with E-state index in [0.29, 0.717) is 29.8 Å². The molecule has 0 radical (unpaired) electrons. The molecule has 3 aromatic rings. The molecule has 1 fully saturated rings. The Kier molecular flexibility index (Phi) is 7.04. The Morgan fingerprint density at radius 3 is 2.73 bits per heavy atom. The maximum atomic E-state index is 12.7. The molecule has 0 saturated carbocycles. The summed E-state index contributed by atoms with van der Waals surface area (Å²) in [7, 11) is 0. The number of hydrogen-bond donors (Lipinski definition) is 2. The molecule has 0 bridgehead atoms. The van der Waals surface area contributed by atoms with Gasteiger partial charge in [0.15, 0.2) is 10.8 Å². The second-order valence-corrected chi connectivity index (χ2v) is 9.35. The first-order valence-electron chi connectivity index (χ1n) is 10.7. The van der Waals surface area contributed by atoms with Gasteiger partial charge in [0.2, 0.25) is 11.8 Å². The Morgan fingerprint density at radius 2 is 2.03 bits per heavy atom. The van der Waals surface area contributed by atoms with Gasteiger partial charge in [-0.1, -0.05) is 23.4 Å². The number of anilines is 2. The van der Waals surface area contributed by atoms with Crippen molar-refractivity contribution in [3.8, 4) is 0 Å². The van der Waals surface area contributed by atoms with Gasteiger partial charge in [0.1, 0.15) is 5.82 Å². The van der Waals surface area contributed by atoms with Crippen LogP contribution in [0.2, 0.25) is 5.02 Å². The third-order valence-electron chi connectivity index (χ3n) is 5.34. The fourth-order valence-electron chi connectivity index (χ4n) is 3.76. The third kappa shape index (κ3) is 5.22. The molecule has 1 atom stereocenters. The Labute approximate surface area is 201 Å². The third-order valence-corrected chi connectivity index (χ3v) is 6.14. The zero-order valence-electron chi connectivity index (χ0n) is 18.7. The molecule has 174 valence electrons. The van der Waals surface area contributed by atoms with E-state index in [1.807, 2.05) is 6.26 Å². The summed E-state index contributed by atoms with van der Waals surface area (Å²) >= 11 is 7.39. The van der Waals surface area contributed by atoms with E-state index in [-0.39, 0.29) is 24.3 Å². The molecule has 9 nitrogen and oxygen atoms in total. The summed E-state index contributed by atoms with van der Waals surface area (Å²) in [5.41, 5.74) is 1.47. The molecule has 33 heavy (non-hydrogen) atoms. The molecule has 1 aliphatic heterocycles. The number of nitrogens with one attached hydrogen (secondary N) is 2. The van der Waals surface area contributed by atoms with Crippen molar-refractivity contribution in [2.45, 2.75) is 38.0 Å². The quantitative estimate of drug-likeness (QED) is 0.371. The van der Waals surface area contributed by atoms with Gasteiger partial charge in [-0.3, -0.25) is 9.59 Å². The fourth-order valence-corrected chi connectivity index (χ4v) is 4.24. The Bertz CT molecular complexity index is 1170. The highest BCUT2D eigenvalue weighted by Crippen LogP contribution is 2.27. The molecular formula is C22H26ClN7O2S. The molecule has 1 unspecified atom stereocenters. The van der Waals surface area contributed by atoms with Crippen LogP contribution in [0.1, 0.15) is 20.3 Å². The minimum atomic E-state index is -0.394. The van der Waals surface area contributed by atoms with E-state index in [0.717, 1.165) is 22.5 Å². The van der Waals surface area contributed by atoms with Crippen molar-refractivity contribution in [3.05, 3.63) is 35.5 Å². The Hall–Kier alpha value is -2.85. The average molecular weight is 488 g/mol. The largest absolute Gasteiger partial charge is 0.367 e. The smallest absolute Gasteiger partial charge is 0.227 e. The highest BCUT2D eigenvalue weighted by atomic mass is 35.5. The lowest BCUT2D eigenvalue weighted by molar-refractivity contribution is -0.126. The minimum absolute atomic E-state index is 0.0676. The molecule has 1 saturated heterocycles. The number of carbonyl (C=O) groups is 2. The molecule has 11 heteroatoms. The van der Waals surface area contributed by atoms with Crippen molar-refractivity contribution in [2.75, 3.05) is 29.6 Å². The zero-order valence-corrected chi connectivity index (χ0v) is 20.3. The highest BCUT2D eigenvalue weighted by molar-refractivity contribution is 7.98. The monoisotopic (exact) mass is 487 g/mol. The fraction of sp³-hybridized carbons (Fsp3) is 0.409. The van der Waals surface area contributed by atoms with Crippen LogP contribution >= 0.6 is 23.4 Å². The Balaban J connectivity index is 1.39. The number of hydrogen-bond acceptors (Lipinski definition) is 7. The lowest BCUT2D eigenvalue weighted by Gasteiger charge is -2.16. The van der Waals surface area contributed by atoms with Crippen LogP contribution in [0, 0.1) is 5.92 Å². The van der Waals surface area contributed by atoms with Crippen LogP contribution in [0.15, 0.2) is 35.6 Å². The number of benzene rings is 1. The van der Waals surface area contributed by atoms with Gasteiger partial charge >= 0.3 is 0 Å². The van der Waals surface area contributed by atoms with Gasteiger partial charge in [-0.05, 0) is 44.4 Å². The zero-order chi connectivity index (χ0) is 23.5. The molecule has 2 amide bonds. The normalized spacial score (nSPS) is 16.1. The Morgan fingerprint density at radius 1 is 1.27 bits per heavy atom. The highest BCUT2D eigenvalue weighted by Gasteiger charge is 2.35. The van der Waals surface area contributed by atoms with Gasteiger partial charge in [0.05, 0.1) is 24.0 Å². The van der Waals surface area contributed by atoms with Crippen molar-refractivity contribution in [1.82, 2.24) is 25.1 Å². The molecule has 3 heterocycles.